The molecule has 0 amide bonds. The summed E-state index contributed by atoms with van der Waals surface area (Å²) in [4.78, 5) is 11.6. The van der Waals surface area contributed by atoms with Crippen LogP contribution in [0.25, 0.3) is 0 Å². The van der Waals surface area contributed by atoms with E-state index in [2.05, 4.69) is 5.73 Å². The van der Waals surface area contributed by atoms with Crippen LogP contribution in [-0.2, 0) is 4.79 Å². The topological polar surface area (TPSA) is 17.1 Å². The first-order chi connectivity index (χ1) is 7.38. The zero-order valence-electron chi connectivity index (χ0n) is 9.55. The molecule has 0 unspecified atom stereocenters. The quantitative estimate of drug-likeness (QED) is 0.547. The number of carbonyl (C=O) groups is 1. The molecule has 0 bridgehead atoms. The van der Waals surface area contributed by atoms with Gasteiger partial charge in [0.05, 0.1) is 0 Å². The normalized spacial score (nSPS) is 18.9. The molecule has 0 aliphatic heterocycles. The summed E-state index contributed by atoms with van der Waals surface area (Å²) in [6, 6.07) is 0. The molecule has 0 radical (unpaired) electrons. The molecule has 0 spiro atoms. The zero-order chi connectivity index (χ0) is 11.1. The average molecular weight is 202 g/mol. The lowest BCUT2D eigenvalue weighted by atomic mass is 10.0. The molecule has 1 fully saturated rings. The van der Waals surface area contributed by atoms with Gasteiger partial charge in [0.1, 0.15) is 0 Å². The number of carbonyl (C=O) groups excluding carboxylic acids is 1. The van der Waals surface area contributed by atoms with Gasteiger partial charge >= 0.3 is 0 Å². The Morgan fingerprint density at radius 1 is 1.07 bits per heavy atom. The maximum Gasteiger partial charge on any atom is 0.163 e. The molecule has 2 aliphatic carbocycles. The van der Waals surface area contributed by atoms with Crippen LogP contribution in [0.5, 0.6) is 0 Å². The fourth-order valence-corrected chi connectivity index (χ4v) is 1.76. The van der Waals surface area contributed by atoms with Crippen LogP contribution in [0.3, 0.4) is 0 Å². The van der Waals surface area contributed by atoms with E-state index in [0.29, 0.717) is 6.42 Å². The molecular formula is C14H18O. The highest BCUT2D eigenvalue weighted by atomic mass is 16.1. The molecule has 15 heavy (non-hydrogen) atoms. The first kappa shape index (κ1) is 11.7. The number of Topliss-reactive ketones (excluding diaryl/α,β-unsaturated/α-hetero) is 1. The van der Waals surface area contributed by atoms with Crippen molar-refractivity contribution in [1.82, 2.24) is 0 Å². The molecule has 2 aliphatic rings. The molecule has 0 heterocycles. The van der Waals surface area contributed by atoms with E-state index in [0.717, 1.165) is 24.8 Å². The van der Waals surface area contributed by atoms with Gasteiger partial charge in [0.2, 0.25) is 0 Å². The summed E-state index contributed by atoms with van der Waals surface area (Å²) >= 11 is 0. The van der Waals surface area contributed by atoms with Crippen LogP contribution in [0.15, 0.2) is 41.2 Å². The van der Waals surface area contributed by atoms with Crippen molar-refractivity contribution in [1.29, 1.82) is 0 Å². The van der Waals surface area contributed by atoms with E-state index in [4.69, 9.17) is 0 Å². The van der Waals surface area contributed by atoms with Crippen LogP contribution < -0.4 is 0 Å². The van der Waals surface area contributed by atoms with E-state index in [-0.39, 0.29) is 5.78 Å². The Hall–Kier alpha value is -1.33. The summed E-state index contributed by atoms with van der Waals surface area (Å²) < 4.78 is 0. The molecular weight excluding hydrogens is 184 g/mol. The van der Waals surface area contributed by atoms with Crippen molar-refractivity contribution in [2.45, 2.75) is 39.5 Å². The minimum Gasteiger partial charge on any atom is -0.294 e. The van der Waals surface area contributed by atoms with Crippen LogP contribution >= 0.6 is 0 Å². The summed E-state index contributed by atoms with van der Waals surface area (Å²) in [6.07, 6.45) is 11.5. The molecule has 1 saturated carbocycles. The Kier molecular flexibility index (Phi) is 4.86. The fraction of sp³-hybridized carbons (Fsp3) is 0.429. The van der Waals surface area contributed by atoms with Crippen molar-refractivity contribution in [3.63, 3.8) is 0 Å². The van der Waals surface area contributed by atoms with Crippen LogP contribution in [0, 0.1) is 0 Å². The summed E-state index contributed by atoms with van der Waals surface area (Å²) in [6.45, 7) is 4.00. The van der Waals surface area contributed by atoms with Crippen LogP contribution in [0.4, 0.5) is 0 Å². The lowest BCUT2D eigenvalue weighted by molar-refractivity contribution is -0.115. The van der Waals surface area contributed by atoms with E-state index in [1.165, 1.54) is 5.57 Å². The molecule has 0 atom stereocenters. The van der Waals surface area contributed by atoms with Crippen molar-refractivity contribution in [2.24, 2.45) is 0 Å². The number of fused-ring (bicyclic) bond motifs is 1. The lowest BCUT2D eigenvalue weighted by Gasteiger charge is -2.03. The molecule has 1 nitrogen and oxygen atoms in total. The van der Waals surface area contributed by atoms with Gasteiger partial charge in [-0.3, -0.25) is 4.79 Å². The number of ketones is 1. The number of hydrogen-bond acceptors (Lipinski definition) is 1. The number of allylic oxidation sites excluding steroid dienone is 5. The summed E-state index contributed by atoms with van der Waals surface area (Å²) in [5.41, 5.74) is 5.08. The number of rotatable bonds is 0. The van der Waals surface area contributed by atoms with Crippen molar-refractivity contribution in [3.8, 4) is 0 Å². The summed E-state index contributed by atoms with van der Waals surface area (Å²) in [5.74, 6) is 0.289. The van der Waals surface area contributed by atoms with Gasteiger partial charge < -0.3 is 0 Å². The maximum atomic E-state index is 11.6. The Labute approximate surface area is 91.9 Å². The number of hydrogen-bond donors (Lipinski definition) is 0. The second kappa shape index (κ2) is 6.21. The predicted molar refractivity (Wildman–Crippen MR) is 63.6 cm³/mol. The average Bonchev–Trinajstić information content (AvgIpc) is 2.59. The molecule has 1 heteroatoms. The van der Waals surface area contributed by atoms with Gasteiger partial charge in [0.25, 0.3) is 0 Å². The predicted octanol–water partition coefficient (Wildman–Crippen LogP) is 3.73. The van der Waals surface area contributed by atoms with Crippen LogP contribution in [-0.4, -0.2) is 5.78 Å². The summed E-state index contributed by atoms with van der Waals surface area (Å²) in [7, 11) is 0. The third-order valence-corrected chi connectivity index (χ3v) is 2.47. The zero-order valence-corrected chi connectivity index (χ0v) is 9.55. The first-order valence-electron chi connectivity index (χ1n) is 5.73. The maximum absolute atomic E-state index is 11.6. The first-order valence-corrected chi connectivity index (χ1v) is 5.73. The van der Waals surface area contributed by atoms with Gasteiger partial charge in [-0.25, -0.2) is 0 Å². The summed E-state index contributed by atoms with van der Waals surface area (Å²) in [5, 5.41) is 0. The van der Waals surface area contributed by atoms with E-state index >= 15 is 0 Å². The molecule has 0 aromatic heterocycles. The smallest absolute Gasteiger partial charge is 0.163 e. The van der Waals surface area contributed by atoms with Gasteiger partial charge in [-0.05, 0) is 43.1 Å². The monoisotopic (exact) mass is 202 g/mol. The van der Waals surface area contributed by atoms with Crippen molar-refractivity contribution in [3.05, 3.63) is 41.2 Å². The lowest BCUT2D eigenvalue weighted by Crippen LogP contribution is -2.01. The van der Waals surface area contributed by atoms with Crippen LogP contribution in [0.2, 0.25) is 0 Å². The SMILES string of the molecule is CC.O=C1CCCCC2=CC=C=CC=C12. The van der Waals surface area contributed by atoms with Crippen LogP contribution in [0.1, 0.15) is 39.5 Å². The molecule has 80 valence electrons. The van der Waals surface area contributed by atoms with Gasteiger partial charge in [-0.15, -0.1) is 5.73 Å². The standard InChI is InChI=1S/C12H12O.C2H6/c13-12-9-5-4-7-10-6-2-1-3-8-11(10)12;1-2/h2-3,6,8H,4-5,7,9H2;1-2H3. The van der Waals surface area contributed by atoms with Gasteiger partial charge in [-0.2, -0.15) is 0 Å². The van der Waals surface area contributed by atoms with Gasteiger partial charge in [0, 0.05) is 12.0 Å². The van der Waals surface area contributed by atoms with E-state index < -0.39 is 0 Å². The fourth-order valence-electron chi connectivity index (χ4n) is 1.76. The van der Waals surface area contributed by atoms with E-state index in [1.54, 1.807) is 0 Å². The van der Waals surface area contributed by atoms with Crippen molar-refractivity contribution >= 4 is 5.78 Å². The second-order valence-electron chi connectivity index (χ2n) is 3.40. The highest BCUT2D eigenvalue weighted by molar-refractivity contribution is 6.00. The largest absolute Gasteiger partial charge is 0.294 e. The Morgan fingerprint density at radius 3 is 2.53 bits per heavy atom. The van der Waals surface area contributed by atoms with Gasteiger partial charge in [-0.1, -0.05) is 19.9 Å². The molecule has 0 saturated heterocycles. The van der Waals surface area contributed by atoms with Crippen molar-refractivity contribution in [2.75, 3.05) is 0 Å². The molecule has 0 aromatic rings. The third-order valence-electron chi connectivity index (χ3n) is 2.47. The highest BCUT2D eigenvalue weighted by Gasteiger charge is 2.17. The highest BCUT2D eigenvalue weighted by Crippen LogP contribution is 2.25. The van der Waals surface area contributed by atoms with E-state index in [1.807, 2.05) is 38.2 Å². The van der Waals surface area contributed by atoms with Gasteiger partial charge in [0.15, 0.2) is 5.78 Å². The van der Waals surface area contributed by atoms with Crippen molar-refractivity contribution < 1.29 is 4.79 Å². The molecule has 2 rings (SSSR count). The minimum atomic E-state index is 0.289. The Morgan fingerprint density at radius 2 is 1.73 bits per heavy atom. The molecule has 0 aromatic carbocycles. The minimum absolute atomic E-state index is 0.289. The Bertz CT molecular complexity index is 350. The third kappa shape index (κ3) is 3.07. The second-order valence-corrected chi connectivity index (χ2v) is 3.40. The Balaban J connectivity index is 0.000000531. The van der Waals surface area contributed by atoms with E-state index in [9.17, 15) is 4.79 Å². The molecule has 0 N–H and O–H groups in total.